The summed E-state index contributed by atoms with van der Waals surface area (Å²) in [6.07, 6.45) is 2.93. The smallest absolute Gasteiger partial charge is 0.242 e. The number of benzene rings is 1. The summed E-state index contributed by atoms with van der Waals surface area (Å²) in [7, 11) is 0. The molecule has 24 heavy (non-hydrogen) atoms. The Kier molecular flexibility index (Phi) is 6.66. The van der Waals surface area contributed by atoms with Crippen molar-refractivity contribution in [3.05, 3.63) is 35.4 Å². The van der Waals surface area contributed by atoms with Gasteiger partial charge in [-0.05, 0) is 31.7 Å². The van der Waals surface area contributed by atoms with Gasteiger partial charge in [0.2, 0.25) is 11.8 Å². The molecule has 3 N–H and O–H groups in total. The van der Waals surface area contributed by atoms with Gasteiger partial charge in [-0.3, -0.25) is 9.59 Å². The van der Waals surface area contributed by atoms with Crippen LogP contribution < -0.4 is 16.0 Å². The van der Waals surface area contributed by atoms with E-state index < -0.39 is 23.7 Å². The molecule has 2 atom stereocenters. The van der Waals surface area contributed by atoms with Crippen molar-refractivity contribution >= 4 is 11.8 Å². The molecule has 132 valence electrons. The van der Waals surface area contributed by atoms with Gasteiger partial charge < -0.3 is 16.0 Å². The lowest BCUT2D eigenvalue weighted by molar-refractivity contribution is -0.128. The van der Waals surface area contributed by atoms with Crippen LogP contribution in [0.15, 0.2) is 18.2 Å². The van der Waals surface area contributed by atoms with Gasteiger partial charge in [0.25, 0.3) is 0 Å². The molecule has 2 amide bonds. The van der Waals surface area contributed by atoms with Gasteiger partial charge in [-0.2, -0.15) is 0 Å². The molecule has 1 heterocycles. The molecule has 1 aromatic carbocycles. The number of nitrogens with one attached hydrogen (secondary N) is 3. The molecule has 0 aromatic heterocycles. The predicted molar refractivity (Wildman–Crippen MR) is 86.2 cm³/mol. The molecule has 0 bridgehead atoms. The lowest BCUT2D eigenvalue weighted by Gasteiger charge is -2.20. The Morgan fingerprint density at radius 2 is 2.17 bits per heavy atom. The number of amides is 2. The fourth-order valence-corrected chi connectivity index (χ4v) is 2.80. The first-order valence-electron chi connectivity index (χ1n) is 8.26. The van der Waals surface area contributed by atoms with E-state index in [0.717, 1.165) is 18.9 Å². The highest BCUT2D eigenvalue weighted by Gasteiger charge is 2.23. The second-order valence-corrected chi connectivity index (χ2v) is 5.91. The molecule has 2 rings (SSSR count). The first-order valence-corrected chi connectivity index (χ1v) is 8.26. The second-order valence-electron chi connectivity index (χ2n) is 5.91. The molecule has 7 heteroatoms. The third kappa shape index (κ3) is 4.99. The van der Waals surface area contributed by atoms with E-state index in [1.54, 1.807) is 0 Å². The Bertz CT molecular complexity index is 595. The Morgan fingerprint density at radius 1 is 1.38 bits per heavy atom. The second kappa shape index (κ2) is 8.73. The van der Waals surface area contributed by atoms with E-state index in [0.29, 0.717) is 24.9 Å². The molecule has 1 saturated heterocycles. The Labute approximate surface area is 140 Å². The van der Waals surface area contributed by atoms with Crippen LogP contribution in [0.3, 0.4) is 0 Å². The van der Waals surface area contributed by atoms with Crippen LogP contribution in [0.2, 0.25) is 0 Å². The van der Waals surface area contributed by atoms with Crippen LogP contribution >= 0.6 is 0 Å². The highest BCUT2D eigenvalue weighted by atomic mass is 19.1. The van der Waals surface area contributed by atoms with E-state index in [2.05, 4.69) is 16.0 Å². The summed E-state index contributed by atoms with van der Waals surface area (Å²) in [4.78, 5) is 23.9. The van der Waals surface area contributed by atoms with Crippen molar-refractivity contribution in [1.29, 1.82) is 0 Å². The average Bonchev–Trinajstić information content (AvgIpc) is 2.74. The molecular weight excluding hydrogens is 316 g/mol. The summed E-state index contributed by atoms with van der Waals surface area (Å²) in [6, 6.07) is 2.47. The highest BCUT2D eigenvalue weighted by Crippen LogP contribution is 2.20. The number of rotatable bonds is 6. The van der Waals surface area contributed by atoms with Gasteiger partial charge in [0.15, 0.2) is 0 Å². The van der Waals surface area contributed by atoms with Gasteiger partial charge >= 0.3 is 0 Å². The van der Waals surface area contributed by atoms with E-state index in [1.165, 1.54) is 12.1 Å². The van der Waals surface area contributed by atoms with Crippen molar-refractivity contribution < 1.29 is 18.4 Å². The van der Waals surface area contributed by atoms with E-state index in [9.17, 15) is 18.4 Å². The van der Waals surface area contributed by atoms with E-state index in [1.807, 2.05) is 6.92 Å². The fraction of sp³-hybridized carbons (Fsp3) is 0.529. The van der Waals surface area contributed by atoms with E-state index >= 15 is 0 Å². The standard InChI is InChI=1S/C17H23F2N3O2/c1-2-14(12-7-6-11(18)9-13(12)19)21-10-16(23)22-15-5-3-4-8-20-17(15)24/h6-7,9,14-15,21H,2-5,8,10H2,1H3,(H,20,24)(H,22,23)/t14-,15+/m0/s1. The number of carbonyl (C=O) groups is 2. The van der Waals surface area contributed by atoms with Crippen LogP contribution in [0.4, 0.5) is 8.78 Å². The number of carbonyl (C=O) groups excluding carboxylic acids is 2. The SMILES string of the molecule is CC[C@H](NCC(=O)N[C@@H]1CCCCNC1=O)c1ccc(F)cc1F. The van der Waals surface area contributed by atoms with Gasteiger partial charge in [0.1, 0.15) is 17.7 Å². The molecule has 1 aliphatic heterocycles. The first-order chi connectivity index (χ1) is 11.5. The maximum Gasteiger partial charge on any atom is 0.242 e. The van der Waals surface area contributed by atoms with Crippen molar-refractivity contribution in [2.45, 2.75) is 44.7 Å². The van der Waals surface area contributed by atoms with Crippen molar-refractivity contribution in [1.82, 2.24) is 16.0 Å². The Morgan fingerprint density at radius 3 is 2.88 bits per heavy atom. The Hall–Kier alpha value is -2.02. The van der Waals surface area contributed by atoms with Crippen LogP contribution in [0.25, 0.3) is 0 Å². The lowest BCUT2D eigenvalue weighted by atomic mass is 10.0. The predicted octanol–water partition coefficient (Wildman–Crippen LogP) is 1.79. The van der Waals surface area contributed by atoms with E-state index in [-0.39, 0.29) is 18.4 Å². The van der Waals surface area contributed by atoms with Crippen molar-refractivity contribution in [3.63, 3.8) is 0 Å². The number of halogens is 2. The zero-order chi connectivity index (χ0) is 17.5. The summed E-state index contributed by atoms with van der Waals surface area (Å²) in [5.41, 5.74) is 0.318. The van der Waals surface area contributed by atoms with Crippen molar-refractivity contribution in [2.75, 3.05) is 13.1 Å². The van der Waals surface area contributed by atoms with Gasteiger partial charge in [-0.15, -0.1) is 0 Å². The summed E-state index contributed by atoms with van der Waals surface area (Å²) >= 11 is 0. The molecule has 0 radical (unpaired) electrons. The van der Waals surface area contributed by atoms with Crippen LogP contribution in [0.5, 0.6) is 0 Å². The largest absolute Gasteiger partial charge is 0.354 e. The van der Waals surface area contributed by atoms with Crippen molar-refractivity contribution in [3.8, 4) is 0 Å². The minimum Gasteiger partial charge on any atom is -0.354 e. The van der Waals surface area contributed by atoms with Crippen LogP contribution in [0, 0.1) is 11.6 Å². The minimum atomic E-state index is -0.641. The summed E-state index contributed by atoms with van der Waals surface area (Å²) in [5.74, 6) is -1.77. The maximum absolute atomic E-state index is 13.8. The molecular formula is C17H23F2N3O2. The third-order valence-corrected chi connectivity index (χ3v) is 4.13. The molecule has 0 unspecified atom stereocenters. The lowest BCUT2D eigenvalue weighted by Crippen LogP contribution is -2.48. The fourth-order valence-electron chi connectivity index (χ4n) is 2.80. The van der Waals surface area contributed by atoms with Gasteiger partial charge in [0.05, 0.1) is 6.54 Å². The van der Waals surface area contributed by atoms with Crippen molar-refractivity contribution in [2.24, 2.45) is 0 Å². The zero-order valence-corrected chi connectivity index (χ0v) is 13.7. The van der Waals surface area contributed by atoms with Gasteiger partial charge in [-0.1, -0.05) is 13.0 Å². The summed E-state index contributed by atoms with van der Waals surface area (Å²) in [5, 5.41) is 8.41. The molecule has 1 fully saturated rings. The molecule has 0 spiro atoms. The quantitative estimate of drug-likeness (QED) is 0.740. The van der Waals surface area contributed by atoms with Gasteiger partial charge in [0, 0.05) is 24.2 Å². The summed E-state index contributed by atoms with van der Waals surface area (Å²) < 4.78 is 26.8. The minimum absolute atomic E-state index is 0.0426. The van der Waals surface area contributed by atoms with Crippen LogP contribution in [0.1, 0.15) is 44.2 Å². The molecule has 1 aromatic rings. The molecule has 0 aliphatic carbocycles. The highest BCUT2D eigenvalue weighted by molar-refractivity contribution is 5.88. The molecule has 5 nitrogen and oxygen atoms in total. The van der Waals surface area contributed by atoms with Crippen LogP contribution in [-0.4, -0.2) is 30.9 Å². The molecule has 1 aliphatic rings. The first kappa shape index (κ1) is 18.3. The monoisotopic (exact) mass is 339 g/mol. The zero-order valence-electron chi connectivity index (χ0n) is 13.7. The number of hydrogen-bond acceptors (Lipinski definition) is 3. The maximum atomic E-state index is 13.8. The van der Waals surface area contributed by atoms with E-state index in [4.69, 9.17) is 0 Å². The Balaban J connectivity index is 1.90. The summed E-state index contributed by atoms with van der Waals surface area (Å²) in [6.45, 7) is 2.43. The normalized spacial score (nSPS) is 19.3. The average molecular weight is 339 g/mol. The number of hydrogen-bond donors (Lipinski definition) is 3. The van der Waals surface area contributed by atoms with Crippen LogP contribution in [-0.2, 0) is 9.59 Å². The third-order valence-electron chi connectivity index (χ3n) is 4.13. The molecule has 0 saturated carbocycles. The van der Waals surface area contributed by atoms with Gasteiger partial charge in [-0.25, -0.2) is 8.78 Å². The topological polar surface area (TPSA) is 70.2 Å².